The van der Waals surface area contributed by atoms with Crippen LogP contribution in [0, 0.1) is 22.1 Å². The quantitative estimate of drug-likeness (QED) is 0.133. The molecule has 0 saturated heterocycles. The Hall–Kier alpha value is -6.42. The number of nitrogens with zero attached hydrogens (tertiary/aromatic N) is 3. The van der Waals surface area contributed by atoms with Crippen LogP contribution in [0.3, 0.4) is 0 Å². The molecule has 1 aromatic heterocycles. The van der Waals surface area contributed by atoms with Crippen LogP contribution in [-0.2, 0) is 0 Å². The lowest BCUT2D eigenvalue weighted by molar-refractivity contribution is 1.18. The minimum absolute atomic E-state index is 0.264. The third-order valence-electron chi connectivity index (χ3n) is 8.18. The zero-order chi connectivity index (χ0) is 33.6. The smallest absolute Gasteiger partial charge is 0.161 e. The molecule has 0 bridgehead atoms. The van der Waals surface area contributed by atoms with E-state index in [0.717, 1.165) is 67.7 Å². The summed E-state index contributed by atoms with van der Waals surface area (Å²) in [6.45, 7) is 0. The second kappa shape index (κ2) is 14.1. The van der Waals surface area contributed by atoms with E-state index in [1.807, 2.05) is 164 Å². The fraction of sp³-hybridized carbons (Fsp3) is 0. The van der Waals surface area contributed by atoms with E-state index in [2.05, 4.69) is 6.07 Å². The lowest BCUT2D eigenvalue weighted by Gasteiger charge is -2.15. The maximum Gasteiger partial charge on any atom is 0.161 e. The lowest BCUT2D eigenvalue weighted by Crippen LogP contribution is -2.01. The molecule has 6 heteroatoms. The average molecular weight is 648 g/mol. The molecule has 0 saturated carbocycles. The van der Waals surface area contributed by atoms with Gasteiger partial charge in [0.25, 0.3) is 0 Å². The Morgan fingerprint density at radius 3 is 1.57 bits per heavy atom. The van der Waals surface area contributed by atoms with Gasteiger partial charge in [0, 0.05) is 38.9 Å². The van der Waals surface area contributed by atoms with Gasteiger partial charge in [0.05, 0.1) is 17.0 Å². The predicted octanol–water partition coefficient (Wildman–Crippen LogP) is 10.8. The van der Waals surface area contributed by atoms with Gasteiger partial charge in [0.2, 0.25) is 0 Å². The first-order valence-electron chi connectivity index (χ1n) is 15.7. The molecule has 232 valence electrons. The number of aromatic nitrogens is 2. The number of thioether (sulfide) groups is 1. The Morgan fingerprint density at radius 1 is 0.469 bits per heavy atom. The topological polar surface area (TPSA) is 97.3 Å². The zero-order valence-electron chi connectivity index (χ0n) is 26.3. The molecule has 0 spiro atoms. The highest BCUT2D eigenvalue weighted by Gasteiger charge is 2.19. The van der Waals surface area contributed by atoms with Crippen LogP contribution in [0.1, 0.15) is 16.7 Å². The molecule has 1 heterocycles. The van der Waals surface area contributed by atoms with Crippen molar-refractivity contribution in [3.63, 3.8) is 0 Å². The summed E-state index contributed by atoms with van der Waals surface area (Å²) in [4.78, 5) is 10.1. The Balaban J connectivity index is 1.30. The molecular weight excluding hydrogens is 619 g/mol. The van der Waals surface area contributed by atoms with Crippen molar-refractivity contribution in [3.8, 4) is 62.2 Å². The molecule has 0 aliphatic carbocycles. The molecule has 0 aliphatic heterocycles. The predicted molar refractivity (Wildman–Crippen MR) is 202 cm³/mol. The van der Waals surface area contributed by atoms with Crippen LogP contribution >= 0.6 is 11.8 Å². The van der Waals surface area contributed by atoms with Gasteiger partial charge < -0.3 is 0 Å². The molecule has 0 atom stereocenters. The van der Waals surface area contributed by atoms with Crippen molar-refractivity contribution in [1.82, 2.24) is 9.97 Å². The van der Waals surface area contributed by atoms with Gasteiger partial charge in [-0.3, -0.25) is 10.8 Å². The van der Waals surface area contributed by atoms with Crippen molar-refractivity contribution in [2.45, 2.75) is 0 Å². The molecule has 49 heavy (non-hydrogen) atoms. The maximum atomic E-state index is 10.6. The molecule has 0 amide bonds. The molecule has 0 unspecified atom stereocenters. The van der Waals surface area contributed by atoms with Gasteiger partial charge in [-0.15, -0.1) is 0 Å². The summed E-state index contributed by atoms with van der Waals surface area (Å²) in [7, 11) is 0. The summed E-state index contributed by atoms with van der Waals surface area (Å²) >= 11 is 1.11. The highest BCUT2D eigenvalue weighted by molar-refractivity contribution is 8.27. The fourth-order valence-electron chi connectivity index (χ4n) is 5.77. The third-order valence-corrected chi connectivity index (χ3v) is 9.06. The Labute approximate surface area is 289 Å². The summed E-state index contributed by atoms with van der Waals surface area (Å²) < 4.78 is 0. The molecule has 7 aromatic rings. The highest BCUT2D eigenvalue weighted by atomic mass is 32.2. The molecule has 0 aliphatic rings. The van der Waals surface area contributed by atoms with Crippen LogP contribution in [-0.4, -0.2) is 20.1 Å². The van der Waals surface area contributed by atoms with E-state index in [0.29, 0.717) is 22.0 Å². The van der Waals surface area contributed by atoms with Crippen LogP contribution < -0.4 is 0 Å². The van der Waals surface area contributed by atoms with Crippen molar-refractivity contribution < 1.29 is 0 Å². The first kappa shape index (κ1) is 31.2. The summed E-state index contributed by atoms with van der Waals surface area (Å²) in [6.07, 6.45) is 0. The molecule has 7 rings (SSSR count). The Kier molecular flexibility index (Phi) is 9.00. The van der Waals surface area contributed by atoms with E-state index < -0.39 is 0 Å². The Morgan fingerprint density at radius 2 is 0.939 bits per heavy atom. The van der Waals surface area contributed by atoms with Gasteiger partial charge in [-0.2, -0.15) is 5.26 Å². The molecule has 0 radical (unpaired) electrons. The molecule has 6 aromatic carbocycles. The first-order chi connectivity index (χ1) is 24.1. The van der Waals surface area contributed by atoms with Crippen LogP contribution in [0.4, 0.5) is 0 Å². The number of hydrogen-bond donors (Lipinski definition) is 2. The van der Waals surface area contributed by atoms with E-state index in [9.17, 15) is 5.26 Å². The molecular formula is C43H29N5S. The average Bonchev–Trinajstić information content (AvgIpc) is 3.18. The number of nitrogens with one attached hydrogen (secondary N) is 2. The largest absolute Gasteiger partial charge is 0.293 e. The number of benzene rings is 6. The van der Waals surface area contributed by atoms with Gasteiger partial charge in [0.15, 0.2) is 5.82 Å². The normalized spacial score (nSPS) is 10.7. The highest BCUT2D eigenvalue weighted by Crippen LogP contribution is 2.38. The van der Waals surface area contributed by atoms with Crippen molar-refractivity contribution in [3.05, 3.63) is 180 Å². The van der Waals surface area contributed by atoms with Crippen LogP contribution in [0.5, 0.6) is 0 Å². The standard InChI is InChI=1S/C43H29N5S/c44-28-38-34(32-20-12-21-33(26-32)42(46)49-41(45)31-18-8-3-9-19-31)24-13-25-36(38)35-22-10-11-23-37(35)43-47-39(29-14-4-1-5-15-29)27-40(48-43)30-16-6-2-7-17-30/h1-27,45-46H. The van der Waals surface area contributed by atoms with Crippen LogP contribution in [0.25, 0.3) is 56.2 Å². The van der Waals surface area contributed by atoms with E-state index in [-0.39, 0.29) is 5.04 Å². The maximum absolute atomic E-state index is 10.6. The lowest BCUT2D eigenvalue weighted by atomic mass is 9.89. The second-order valence-corrected chi connectivity index (χ2v) is 12.3. The minimum Gasteiger partial charge on any atom is -0.293 e. The van der Waals surface area contributed by atoms with Gasteiger partial charge >= 0.3 is 0 Å². The van der Waals surface area contributed by atoms with Crippen LogP contribution in [0.15, 0.2) is 164 Å². The van der Waals surface area contributed by atoms with Crippen molar-refractivity contribution in [2.75, 3.05) is 0 Å². The first-order valence-corrected chi connectivity index (χ1v) is 16.5. The van der Waals surface area contributed by atoms with Crippen molar-refractivity contribution >= 4 is 21.8 Å². The van der Waals surface area contributed by atoms with E-state index >= 15 is 0 Å². The van der Waals surface area contributed by atoms with Gasteiger partial charge in [0.1, 0.15) is 16.2 Å². The number of nitriles is 1. The third kappa shape index (κ3) is 6.70. The van der Waals surface area contributed by atoms with Crippen LogP contribution in [0.2, 0.25) is 0 Å². The fourth-order valence-corrected chi connectivity index (χ4v) is 6.47. The zero-order valence-corrected chi connectivity index (χ0v) is 27.2. The molecule has 2 N–H and O–H groups in total. The summed E-state index contributed by atoms with van der Waals surface area (Å²) in [5.74, 6) is 0.568. The summed E-state index contributed by atoms with van der Waals surface area (Å²) in [5, 5.41) is 28.5. The van der Waals surface area contributed by atoms with E-state index in [1.54, 1.807) is 0 Å². The van der Waals surface area contributed by atoms with Crippen molar-refractivity contribution in [2.24, 2.45) is 0 Å². The SMILES string of the molecule is N#Cc1c(-c2cccc(C(=N)SC(=N)c3ccccc3)c2)cccc1-c1ccccc1-c1nc(-c2ccccc2)cc(-c2ccccc2)n1. The summed E-state index contributed by atoms with van der Waals surface area (Å²) in [6, 6.07) is 55.5. The molecule has 0 fully saturated rings. The van der Waals surface area contributed by atoms with E-state index in [4.69, 9.17) is 20.8 Å². The van der Waals surface area contributed by atoms with Gasteiger partial charge in [-0.1, -0.05) is 163 Å². The number of hydrogen-bond acceptors (Lipinski definition) is 6. The van der Waals surface area contributed by atoms with Gasteiger partial charge in [-0.25, -0.2) is 9.97 Å². The second-order valence-electron chi connectivity index (χ2n) is 11.3. The molecule has 5 nitrogen and oxygen atoms in total. The van der Waals surface area contributed by atoms with Crippen molar-refractivity contribution in [1.29, 1.82) is 16.1 Å². The minimum atomic E-state index is 0.264. The Bertz CT molecular complexity index is 2290. The number of rotatable bonds is 7. The summed E-state index contributed by atoms with van der Waals surface area (Å²) in [5.41, 5.74) is 9.58. The monoisotopic (exact) mass is 647 g/mol. The van der Waals surface area contributed by atoms with Gasteiger partial charge in [-0.05, 0) is 23.3 Å². The van der Waals surface area contributed by atoms with E-state index in [1.165, 1.54) is 0 Å².